The Labute approximate surface area is 112 Å². The predicted octanol–water partition coefficient (Wildman–Crippen LogP) is 2.77. The molecule has 1 aliphatic rings. The van der Waals surface area contributed by atoms with Gasteiger partial charge in [-0.1, -0.05) is 12.1 Å². The molecule has 1 aromatic heterocycles. The van der Waals surface area contributed by atoms with Gasteiger partial charge in [-0.25, -0.2) is 4.98 Å². The number of rotatable bonds is 2. The molecule has 2 N–H and O–H groups in total. The number of hydrogen-bond acceptors (Lipinski definition) is 3. The van der Waals surface area contributed by atoms with E-state index in [1.54, 1.807) is 0 Å². The van der Waals surface area contributed by atoms with Crippen LogP contribution in [-0.4, -0.2) is 15.3 Å². The summed E-state index contributed by atoms with van der Waals surface area (Å²) in [6.45, 7) is 2.87. The molecule has 0 aliphatic carbocycles. The van der Waals surface area contributed by atoms with Crippen LogP contribution in [0.3, 0.4) is 0 Å². The molecule has 4 heteroatoms. The Hall–Kier alpha value is -1.00. The SMILES string of the molecule is Cn1c(C2(C)CCCS2)nc2c(CN)cccc21. The minimum atomic E-state index is 0.166. The topological polar surface area (TPSA) is 43.8 Å². The van der Waals surface area contributed by atoms with Gasteiger partial charge in [0.15, 0.2) is 0 Å². The van der Waals surface area contributed by atoms with E-state index in [4.69, 9.17) is 10.7 Å². The standard InChI is InChI=1S/C14H19N3S/c1-14(7-4-8-18-14)13-16-12-10(9-15)5-3-6-11(12)17(13)2/h3,5-6H,4,7-9,15H2,1-2H3. The molecular formula is C14H19N3S. The average Bonchev–Trinajstić information content (AvgIpc) is 2.95. The van der Waals surface area contributed by atoms with E-state index < -0.39 is 0 Å². The second-order valence-electron chi connectivity index (χ2n) is 5.17. The van der Waals surface area contributed by atoms with Gasteiger partial charge in [0.05, 0.1) is 15.8 Å². The first-order chi connectivity index (χ1) is 8.65. The van der Waals surface area contributed by atoms with Gasteiger partial charge in [-0.3, -0.25) is 0 Å². The average molecular weight is 261 g/mol. The lowest BCUT2D eigenvalue weighted by atomic mass is 10.1. The highest BCUT2D eigenvalue weighted by Gasteiger charge is 2.35. The van der Waals surface area contributed by atoms with Crippen molar-refractivity contribution >= 4 is 22.8 Å². The highest BCUT2D eigenvalue weighted by molar-refractivity contribution is 8.00. The first kappa shape index (κ1) is 12.1. The second kappa shape index (κ2) is 4.28. The smallest absolute Gasteiger partial charge is 0.125 e. The Bertz CT molecular complexity index is 582. The molecule has 2 heterocycles. The molecule has 0 amide bonds. The summed E-state index contributed by atoms with van der Waals surface area (Å²) in [4.78, 5) is 4.90. The van der Waals surface area contributed by atoms with Crippen molar-refractivity contribution in [1.29, 1.82) is 0 Å². The Kier molecular flexibility index (Phi) is 2.87. The largest absolute Gasteiger partial charge is 0.330 e. The third-order valence-corrected chi connectivity index (χ3v) is 5.42. The Morgan fingerprint density at radius 1 is 1.50 bits per heavy atom. The zero-order valence-corrected chi connectivity index (χ0v) is 11.8. The summed E-state index contributed by atoms with van der Waals surface area (Å²) in [7, 11) is 2.12. The van der Waals surface area contributed by atoms with E-state index in [-0.39, 0.29) is 4.75 Å². The molecule has 2 aromatic rings. The summed E-state index contributed by atoms with van der Waals surface area (Å²) in [6.07, 6.45) is 2.50. The molecule has 1 aliphatic heterocycles. The van der Waals surface area contributed by atoms with Gasteiger partial charge >= 0.3 is 0 Å². The van der Waals surface area contributed by atoms with Crippen molar-refractivity contribution in [2.45, 2.75) is 31.1 Å². The quantitative estimate of drug-likeness (QED) is 0.904. The summed E-state index contributed by atoms with van der Waals surface area (Å²) in [5.74, 6) is 2.43. The van der Waals surface area contributed by atoms with Crippen LogP contribution in [-0.2, 0) is 18.3 Å². The van der Waals surface area contributed by atoms with Crippen molar-refractivity contribution in [3.05, 3.63) is 29.6 Å². The van der Waals surface area contributed by atoms with Gasteiger partial charge < -0.3 is 10.3 Å². The number of imidazole rings is 1. The minimum Gasteiger partial charge on any atom is -0.330 e. The van der Waals surface area contributed by atoms with Gasteiger partial charge in [-0.15, -0.1) is 11.8 Å². The number of thioether (sulfide) groups is 1. The molecule has 1 unspecified atom stereocenters. The fourth-order valence-corrected chi connectivity index (χ4v) is 4.21. The summed E-state index contributed by atoms with van der Waals surface area (Å²) >= 11 is 2.03. The van der Waals surface area contributed by atoms with Gasteiger partial charge in [-0.05, 0) is 37.1 Å². The molecule has 1 atom stereocenters. The molecule has 0 saturated carbocycles. The molecule has 0 bridgehead atoms. The lowest BCUT2D eigenvalue weighted by Gasteiger charge is -2.21. The van der Waals surface area contributed by atoms with Crippen LogP contribution in [0.4, 0.5) is 0 Å². The number of hydrogen-bond donors (Lipinski definition) is 1. The number of aromatic nitrogens is 2. The predicted molar refractivity (Wildman–Crippen MR) is 77.6 cm³/mol. The zero-order chi connectivity index (χ0) is 12.8. The molecule has 3 rings (SSSR count). The molecular weight excluding hydrogens is 242 g/mol. The minimum absolute atomic E-state index is 0.166. The summed E-state index contributed by atoms with van der Waals surface area (Å²) < 4.78 is 2.41. The van der Waals surface area contributed by atoms with Crippen molar-refractivity contribution in [3.63, 3.8) is 0 Å². The van der Waals surface area contributed by atoms with E-state index in [1.165, 1.54) is 29.9 Å². The molecule has 1 aromatic carbocycles. The van der Waals surface area contributed by atoms with Crippen molar-refractivity contribution in [2.24, 2.45) is 12.8 Å². The van der Waals surface area contributed by atoms with Crippen LogP contribution >= 0.6 is 11.8 Å². The van der Waals surface area contributed by atoms with E-state index >= 15 is 0 Å². The number of nitrogens with zero attached hydrogens (tertiary/aromatic N) is 2. The van der Waals surface area contributed by atoms with Crippen molar-refractivity contribution in [2.75, 3.05) is 5.75 Å². The Balaban J connectivity index is 2.22. The van der Waals surface area contributed by atoms with Crippen LogP contribution in [0.2, 0.25) is 0 Å². The fraction of sp³-hybridized carbons (Fsp3) is 0.500. The maximum atomic E-state index is 5.81. The second-order valence-corrected chi connectivity index (χ2v) is 6.76. The molecule has 1 saturated heterocycles. The van der Waals surface area contributed by atoms with Crippen LogP contribution in [0.25, 0.3) is 11.0 Å². The summed E-state index contributed by atoms with van der Waals surface area (Å²) in [5.41, 5.74) is 9.22. The first-order valence-electron chi connectivity index (χ1n) is 6.44. The molecule has 1 fully saturated rings. The maximum Gasteiger partial charge on any atom is 0.125 e. The number of aryl methyl sites for hydroxylation is 1. The van der Waals surface area contributed by atoms with Crippen LogP contribution < -0.4 is 5.73 Å². The molecule has 0 spiro atoms. The zero-order valence-electron chi connectivity index (χ0n) is 10.9. The lowest BCUT2D eigenvalue weighted by Crippen LogP contribution is -2.18. The first-order valence-corrected chi connectivity index (χ1v) is 7.43. The van der Waals surface area contributed by atoms with Gasteiger partial charge in [0.1, 0.15) is 5.82 Å². The molecule has 96 valence electrons. The van der Waals surface area contributed by atoms with Gasteiger partial charge in [0.2, 0.25) is 0 Å². The number of fused-ring (bicyclic) bond motifs is 1. The highest BCUT2D eigenvalue weighted by atomic mass is 32.2. The number of nitrogens with two attached hydrogens (primary N) is 1. The fourth-order valence-electron chi connectivity index (χ4n) is 2.87. The number of para-hydroxylation sites is 1. The van der Waals surface area contributed by atoms with Crippen LogP contribution in [0.1, 0.15) is 31.2 Å². The Morgan fingerprint density at radius 3 is 3.00 bits per heavy atom. The van der Waals surface area contributed by atoms with Gasteiger partial charge in [-0.2, -0.15) is 0 Å². The van der Waals surface area contributed by atoms with E-state index in [1.807, 2.05) is 11.8 Å². The molecule has 18 heavy (non-hydrogen) atoms. The van der Waals surface area contributed by atoms with E-state index in [0.29, 0.717) is 6.54 Å². The van der Waals surface area contributed by atoms with Crippen LogP contribution in [0.15, 0.2) is 18.2 Å². The Morgan fingerprint density at radius 2 is 2.33 bits per heavy atom. The molecule has 0 radical (unpaired) electrons. The summed E-state index contributed by atoms with van der Waals surface area (Å²) in [5, 5.41) is 0. The summed E-state index contributed by atoms with van der Waals surface area (Å²) in [6, 6.07) is 6.28. The van der Waals surface area contributed by atoms with Crippen LogP contribution in [0.5, 0.6) is 0 Å². The normalized spacial score (nSPS) is 23.9. The lowest BCUT2D eigenvalue weighted by molar-refractivity contribution is 0.584. The molecule has 3 nitrogen and oxygen atoms in total. The third-order valence-electron chi connectivity index (χ3n) is 3.91. The van der Waals surface area contributed by atoms with Crippen molar-refractivity contribution in [3.8, 4) is 0 Å². The monoisotopic (exact) mass is 261 g/mol. The van der Waals surface area contributed by atoms with Crippen molar-refractivity contribution < 1.29 is 0 Å². The third kappa shape index (κ3) is 1.67. The van der Waals surface area contributed by atoms with E-state index in [9.17, 15) is 0 Å². The maximum absolute atomic E-state index is 5.81. The highest BCUT2D eigenvalue weighted by Crippen LogP contribution is 2.46. The van der Waals surface area contributed by atoms with E-state index in [2.05, 4.69) is 36.7 Å². The number of benzene rings is 1. The van der Waals surface area contributed by atoms with Gasteiger partial charge in [0.25, 0.3) is 0 Å². The van der Waals surface area contributed by atoms with Gasteiger partial charge in [0, 0.05) is 13.6 Å². The van der Waals surface area contributed by atoms with Crippen molar-refractivity contribution in [1.82, 2.24) is 9.55 Å². The van der Waals surface area contributed by atoms with E-state index in [0.717, 1.165) is 11.1 Å². The van der Waals surface area contributed by atoms with Crippen LogP contribution in [0, 0.1) is 0 Å².